The van der Waals surface area contributed by atoms with E-state index in [1.165, 1.54) is 12.1 Å². The standard InChI is InChI=1S/C30H31Cl2FN4O3/c1-30(2,3)40-29(39)24-17-37(13-12-36(24)16-18-8-5-4-6-9-18)28(38)19-14-21(32)26-23(15-19)34-27(35-26)25-20(31)10-7-11-22(25)33/h4-11,14-15,24,29,39H,12-13,16-17H2,1-3H3,(H,34,35). The molecular weight excluding hydrogens is 554 g/mol. The smallest absolute Gasteiger partial charge is 0.254 e. The zero-order valence-corrected chi connectivity index (χ0v) is 24.0. The summed E-state index contributed by atoms with van der Waals surface area (Å²) in [4.78, 5) is 25.1. The summed E-state index contributed by atoms with van der Waals surface area (Å²) in [6.45, 7) is 7.53. The van der Waals surface area contributed by atoms with E-state index in [2.05, 4.69) is 14.9 Å². The predicted octanol–water partition coefficient (Wildman–Crippen LogP) is 6.14. The molecule has 210 valence electrons. The number of benzene rings is 3. The van der Waals surface area contributed by atoms with Crippen molar-refractivity contribution in [2.24, 2.45) is 0 Å². The van der Waals surface area contributed by atoms with E-state index in [0.29, 0.717) is 36.2 Å². The second-order valence-electron chi connectivity index (χ2n) is 10.9. The summed E-state index contributed by atoms with van der Waals surface area (Å²) < 4.78 is 20.4. The minimum absolute atomic E-state index is 0.134. The Morgan fingerprint density at radius 3 is 2.58 bits per heavy atom. The van der Waals surface area contributed by atoms with Crippen LogP contribution < -0.4 is 0 Å². The molecule has 0 aliphatic carbocycles. The second kappa shape index (κ2) is 11.5. The second-order valence-corrected chi connectivity index (χ2v) is 11.7. The van der Waals surface area contributed by atoms with Gasteiger partial charge in [-0.25, -0.2) is 9.37 Å². The number of aromatic nitrogens is 2. The zero-order valence-electron chi connectivity index (χ0n) is 22.5. The molecule has 1 aliphatic rings. The van der Waals surface area contributed by atoms with Gasteiger partial charge in [-0.1, -0.05) is 59.6 Å². The van der Waals surface area contributed by atoms with E-state index in [0.717, 1.165) is 5.56 Å². The van der Waals surface area contributed by atoms with E-state index in [1.807, 2.05) is 51.1 Å². The summed E-state index contributed by atoms with van der Waals surface area (Å²) in [5.74, 6) is -0.535. The molecule has 7 nitrogen and oxygen atoms in total. The molecule has 2 heterocycles. The molecule has 4 aromatic rings. The molecule has 2 unspecified atom stereocenters. The van der Waals surface area contributed by atoms with Crippen LogP contribution in [0.1, 0.15) is 36.7 Å². The van der Waals surface area contributed by atoms with Crippen LogP contribution in [0.2, 0.25) is 10.0 Å². The van der Waals surface area contributed by atoms with Gasteiger partial charge < -0.3 is 19.7 Å². The van der Waals surface area contributed by atoms with Crippen molar-refractivity contribution in [1.82, 2.24) is 19.8 Å². The number of hydrogen-bond acceptors (Lipinski definition) is 5. The van der Waals surface area contributed by atoms with E-state index in [-0.39, 0.29) is 33.9 Å². The maximum absolute atomic E-state index is 14.5. The van der Waals surface area contributed by atoms with E-state index in [4.69, 9.17) is 27.9 Å². The molecule has 1 aromatic heterocycles. The third-order valence-electron chi connectivity index (χ3n) is 6.84. The topological polar surface area (TPSA) is 81.7 Å². The third-order valence-corrected chi connectivity index (χ3v) is 7.44. The highest BCUT2D eigenvalue weighted by molar-refractivity contribution is 6.35. The van der Waals surface area contributed by atoms with Gasteiger partial charge in [0.25, 0.3) is 5.91 Å². The zero-order chi connectivity index (χ0) is 28.6. The van der Waals surface area contributed by atoms with Crippen molar-refractivity contribution in [3.8, 4) is 11.4 Å². The maximum Gasteiger partial charge on any atom is 0.254 e. The number of hydrogen-bond donors (Lipinski definition) is 2. The van der Waals surface area contributed by atoms with Gasteiger partial charge in [-0.2, -0.15) is 0 Å². The number of carbonyl (C=O) groups is 1. The number of rotatable bonds is 6. The van der Waals surface area contributed by atoms with Crippen molar-refractivity contribution < 1.29 is 19.0 Å². The molecule has 5 rings (SSSR count). The number of aromatic amines is 1. The number of nitrogens with zero attached hydrogens (tertiary/aromatic N) is 3. The lowest BCUT2D eigenvalue weighted by Gasteiger charge is -2.44. The van der Waals surface area contributed by atoms with Crippen LogP contribution in [0.25, 0.3) is 22.4 Å². The highest BCUT2D eigenvalue weighted by atomic mass is 35.5. The van der Waals surface area contributed by atoms with E-state index >= 15 is 0 Å². The molecule has 0 radical (unpaired) electrons. The molecule has 1 amide bonds. The van der Waals surface area contributed by atoms with Crippen LogP contribution >= 0.6 is 23.2 Å². The largest absolute Gasteiger partial charge is 0.367 e. The minimum atomic E-state index is -1.11. The highest BCUT2D eigenvalue weighted by Gasteiger charge is 2.37. The number of halogens is 3. The first-order chi connectivity index (χ1) is 19.0. The summed E-state index contributed by atoms with van der Waals surface area (Å²) in [5, 5.41) is 11.6. The van der Waals surface area contributed by atoms with Crippen LogP contribution in [0.3, 0.4) is 0 Å². The molecule has 1 fully saturated rings. The van der Waals surface area contributed by atoms with Gasteiger partial charge in [0, 0.05) is 31.7 Å². The lowest BCUT2D eigenvalue weighted by atomic mass is 10.1. The Morgan fingerprint density at radius 2 is 1.88 bits per heavy atom. The number of aliphatic hydroxyl groups excluding tert-OH is 1. The summed E-state index contributed by atoms with van der Waals surface area (Å²) in [6.07, 6.45) is -1.11. The molecule has 0 bridgehead atoms. The quantitative estimate of drug-likeness (QED) is 0.266. The van der Waals surface area contributed by atoms with Crippen molar-refractivity contribution >= 4 is 40.1 Å². The Morgan fingerprint density at radius 1 is 1.12 bits per heavy atom. The Labute approximate surface area is 242 Å². The molecule has 0 spiro atoms. The average Bonchev–Trinajstić information content (AvgIpc) is 3.32. The Balaban J connectivity index is 1.41. The average molecular weight is 586 g/mol. The molecular formula is C30H31Cl2FN4O3. The van der Waals surface area contributed by atoms with Gasteiger partial charge in [0.05, 0.1) is 32.8 Å². The van der Waals surface area contributed by atoms with Crippen LogP contribution in [-0.4, -0.2) is 68.3 Å². The fraction of sp³-hybridized carbons (Fsp3) is 0.333. The predicted molar refractivity (Wildman–Crippen MR) is 155 cm³/mol. The van der Waals surface area contributed by atoms with Gasteiger partial charge in [0.1, 0.15) is 17.2 Å². The molecule has 3 aromatic carbocycles. The molecule has 1 saturated heterocycles. The molecule has 1 aliphatic heterocycles. The Hall–Kier alpha value is -3.01. The van der Waals surface area contributed by atoms with Crippen molar-refractivity contribution in [3.63, 3.8) is 0 Å². The van der Waals surface area contributed by atoms with E-state index < -0.39 is 23.8 Å². The van der Waals surface area contributed by atoms with Gasteiger partial charge in [-0.3, -0.25) is 9.69 Å². The molecule has 0 saturated carbocycles. The first kappa shape index (κ1) is 28.5. The fourth-order valence-corrected chi connectivity index (χ4v) is 5.50. The van der Waals surface area contributed by atoms with Crippen molar-refractivity contribution in [3.05, 3.63) is 87.7 Å². The number of fused-ring (bicyclic) bond motifs is 1. The number of piperazine rings is 1. The number of carbonyl (C=O) groups excluding carboxylic acids is 1. The molecule has 10 heteroatoms. The van der Waals surface area contributed by atoms with Gasteiger partial charge in [-0.05, 0) is 50.6 Å². The maximum atomic E-state index is 14.5. The van der Waals surface area contributed by atoms with Gasteiger partial charge in [0.2, 0.25) is 0 Å². The number of H-pyrrole nitrogens is 1. The third kappa shape index (κ3) is 6.16. The summed E-state index contributed by atoms with van der Waals surface area (Å²) in [6, 6.07) is 17.2. The van der Waals surface area contributed by atoms with Crippen molar-refractivity contribution in [2.75, 3.05) is 19.6 Å². The number of imidazole rings is 1. The Kier molecular flexibility index (Phi) is 8.17. The van der Waals surface area contributed by atoms with Gasteiger partial charge in [0.15, 0.2) is 6.29 Å². The lowest BCUT2D eigenvalue weighted by Crippen LogP contribution is -2.59. The summed E-state index contributed by atoms with van der Waals surface area (Å²) in [7, 11) is 0. The van der Waals surface area contributed by atoms with Crippen molar-refractivity contribution in [2.45, 2.75) is 45.2 Å². The Bertz CT molecular complexity index is 1500. The molecule has 40 heavy (non-hydrogen) atoms. The van der Waals surface area contributed by atoms with E-state index in [9.17, 15) is 14.3 Å². The van der Waals surface area contributed by atoms with Crippen LogP contribution in [0.15, 0.2) is 60.7 Å². The first-order valence-corrected chi connectivity index (χ1v) is 13.8. The van der Waals surface area contributed by atoms with Crippen LogP contribution in [0.4, 0.5) is 4.39 Å². The number of amides is 1. The summed E-state index contributed by atoms with van der Waals surface area (Å²) in [5.41, 5.74) is 1.93. The molecule has 2 N–H and O–H groups in total. The van der Waals surface area contributed by atoms with Crippen LogP contribution in [-0.2, 0) is 11.3 Å². The van der Waals surface area contributed by atoms with E-state index in [1.54, 1.807) is 23.1 Å². The number of nitrogens with one attached hydrogen (secondary N) is 1. The molecule has 2 atom stereocenters. The number of aliphatic hydroxyl groups is 1. The fourth-order valence-electron chi connectivity index (χ4n) is 4.98. The SMILES string of the molecule is CC(C)(C)OC(O)C1CN(C(=O)c2cc(Cl)c3nc(-c4c(F)cccc4Cl)[nH]c3c2)CCN1Cc1ccccc1. The minimum Gasteiger partial charge on any atom is -0.367 e. The lowest BCUT2D eigenvalue weighted by molar-refractivity contribution is -0.204. The monoisotopic (exact) mass is 584 g/mol. The van der Waals surface area contributed by atoms with Crippen molar-refractivity contribution in [1.29, 1.82) is 0 Å². The van der Waals surface area contributed by atoms with Gasteiger partial charge in [-0.15, -0.1) is 0 Å². The summed E-state index contributed by atoms with van der Waals surface area (Å²) >= 11 is 12.8. The first-order valence-electron chi connectivity index (χ1n) is 13.1. The van der Waals surface area contributed by atoms with Gasteiger partial charge >= 0.3 is 0 Å². The number of ether oxygens (including phenoxy) is 1. The van der Waals surface area contributed by atoms with Crippen LogP contribution in [0, 0.1) is 5.82 Å². The van der Waals surface area contributed by atoms with Crippen LogP contribution in [0.5, 0.6) is 0 Å². The normalized spacial score (nSPS) is 17.4. The highest BCUT2D eigenvalue weighted by Crippen LogP contribution is 2.33.